The summed E-state index contributed by atoms with van der Waals surface area (Å²) in [6, 6.07) is 7.99. The number of nitrogens with zero attached hydrogens (tertiary/aromatic N) is 3. The third-order valence-electron chi connectivity index (χ3n) is 3.53. The van der Waals surface area contributed by atoms with Crippen LogP contribution >= 0.6 is 0 Å². The molecule has 0 fully saturated rings. The topological polar surface area (TPSA) is 63.8 Å². The first-order valence-electron chi connectivity index (χ1n) is 7.77. The molecule has 136 valence electrons. The number of benzene rings is 1. The number of aryl methyl sites for hydroxylation is 1. The Morgan fingerprint density at radius 1 is 1.04 bits per heavy atom. The van der Waals surface area contributed by atoms with Crippen LogP contribution in [0, 0.1) is 5.82 Å². The van der Waals surface area contributed by atoms with E-state index < -0.39 is 11.7 Å². The van der Waals surface area contributed by atoms with E-state index in [-0.39, 0.29) is 5.82 Å². The summed E-state index contributed by atoms with van der Waals surface area (Å²) >= 11 is 0. The summed E-state index contributed by atoms with van der Waals surface area (Å²) in [6.07, 6.45) is -2.50. The maximum atomic E-state index is 12.9. The lowest BCUT2D eigenvalue weighted by molar-refractivity contribution is -0.137. The van der Waals surface area contributed by atoms with Gasteiger partial charge in [-0.2, -0.15) is 18.2 Å². The van der Waals surface area contributed by atoms with E-state index in [0.717, 1.165) is 12.3 Å². The number of halogens is 4. The van der Waals surface area contributed by atoms with Crippen molar-refractivity contribution in [2.75, 3.05) is 11.9 Å². The zero-order valence-corrected chi connectivity index (χ0v) is 13.4. The predicted octanol–water partition coefficient (Wildman–Crippen LogP) is 4.33. The maximum absolute atomic E-state index is 12.9. The number of nitrogens with one attached hydrogen (secondary N) is 1. The normalized spacial score (nSPS) is 11.5. The third kappa shape index (κ3) is 4.56. The lowest BCUT2D eigenvalue weighted by atomic mass is 10.2. The molecule has 0 radical (unpaired) electrons. The molecule has 0 bridgehead atoms. The molecule has 0 amide bonds. The fourth-order valence-corrected chi connectivity index (χ4v) is 2.19. The number of aromatic nitrogens is 3. The Labute approximate surface area is 146 Å². The molecule has 3 aromatic rings. The first-order chi connectivity index (χ1) is 12.4. The minimum atomic E-state index is -4.40. The lowest BCUT2D eigenvalue weighted by Crippen LogP contribution is -2.08. The zero-order valence-electron chi connectivity index (χ0n) is 13.4. The van der Waals surface area contributed by atoms with E-state index in [0.29, 0.717) is 42.5 Å². The summed E-state index contributed by atoms with van der Waals surface area (Å²) in [5.74, 6) is 0.805. The number of hydrogen-bond acceptors (Lipinski definition) is 5. The molecule has 3 rings (SSSR count). The van der Waals surface area contributed by atoms with Crippen LogP contribution in [0.3, 0.4) is 0 Å². The van der Waals surface area contributed by atoms with Gasteiger partial charge in [0, 0.05) is 24.7 Å². The highest BCUT2D eigenvalue weighted by Gasteiger charge is 2.30. The van der Waals surface area contributed by atoms with Crippen molar-refractivity contribution in [3.63, 3.8) is 0 Å². The summed E-state index contributed by atoms with van der Waals surface area (Å²) in [6.45, 7) is 0.479. The first kappa shape index (κ1) is 17.8. The van der Waals surface area contributed by atoms with Crippen LogP contribution in [-0.4, -0.2) is 21.7 Å². The molecule has 0 atom stereocenters. The number of rotatable bonds is 6. The average Bonchev–Trinajstić information content (AvgIpc) is 3.08. The molecule has 26 heavy (non-hydrogen) atoms. The Bertz CT molecular complexity index is 844. The van der Waals surface area contributed by atoms with Crippen molar-refractivity contribution < 1.29 is 22.1 Å². The Morgan fingerprint density at radius 2 is 1.81 bits per heavy atom. The van der Waals surface area contributed by atoms with Gasteiger partial charge in [0.25, 0.3) is 0 Å². The van der Waals surface area contributed by atoms with Crippen molar-refractivity contribution in [1.29, 1.82) is 0 Å². The van der Waals surface area contributed by atoms with Crippen molar-refractivity contribution in [3.8, 4) is 11.4 Å². The molecular weight excluding hydrogens is 352 g/mol. The van der Waals surface area contributed by atoms with Gasteiger partial charge in [0.1, 0.15) is 11.6 Å². The number of anilines is 1. The second-order valence-electron chi connectivity index (χ2n) is 5.48. The monoisotopic (exact) mass is 366 g/mol. The lowest BCUT2D eigenvalue weighted by Gasteiger charge is -2.08. The minimum Gasteiger partial charge on any atom is -0.370 e. The standard InChI is InChI=1S/C17H14F4N4O/c18-13-6-3-11(4-7-13)16-24-15(26-25-16)2-1-9-22-14-8-5-12(10-23-14)17(19,20)21/h3-8,10H,1-2,9H2,(H,22,23). The molecule has 0 saturated heterocycles. The van der Waals surface area contributed by atoms with Crippen molar-refractivity contribution in [3.05, 3.63) is 59.9 Å². The molecule has 1 aromatic carbocycles. The van der Waals surface area contributed by atoms with E-state index >= 15 is 0 Å². The quantitative estimate of drug-likeness (QED) is 0.520. The molecule has 0 aliphatic rings. The van der Waals surface area contributed by atoms with Gasteiger partial charge in [-0.25, -0.2) is 9.37 Å². The highest BCUT2D eigenvalue weighted by molar-refractivity contribution is 5.53. The number of hydrogen-bond donors (Lipinski definition) is 1. The van der Waals surface area contributed by atoms with E-state index in [4.69, 9.17) is 4.52 Å². The van der Waals surface area contributed by atoms with Gasteiger partial charge < -0.3 is 9.84 Å². The Kier molecular flexibility index (Phi) is 5.15. The average molecular weight is 366 g/mol. The van der Waals surface area contributed by atoms with Crippen LogP contribution in [0.4, 0.5) is 23.4 Å². The molecule has 2 heterocycles. The van der Waals surface area contributed by atoms with Gasteiger partial charge in [-0.1, -0.05) is 5.16 Å². The largest absolute Gasteiger partial charge is 0.417 e. The molecule has 0 aliphatic heterocycles. The van der Waals surface area contributed by atoms with E-state index in [1.165, 1.54) is 18.2 Å². The summed E-state index contributed by atoms with van der Waals surface area (Å²) in [4.78, 5) is 7.95. The molecule has 5 nitrogen and oxygen atoms in total. The van der Waals surface area contributed by atoms with Crippen LogP contribution < -0.4 is 5.32 Å². The van der Waals surface area contributed by atoms with Crippen LogP contribution in [0.15, 0.2) is 47.1 Å². The molecule has 2 aromatic heterocycles. The Balaban J connectivity index is 1.47. The SMILES string of the molecule is Fc1ccc(-c2noc(CCCNc3ccc(C(F)(F)F)cn3)n2)cc1. The third-order valence-corrected chi connectivity index (χ3v) is 3.53. The zero-order chi connectivity index (χ0) is 18.6. The van der Waals surface area contributed by atoms with Gasteiger partial charge in [0.15, 0.2) is 0 Å². The molecule has 0 saturated carbocycles. The summed E-state index contributed by atoms with van der Waals surface area (Å²) in [5.41, 5.74) is -0.143. The van der Waals surface area contributed by atoms with Gasteiger partial charge in [0.2, 0.25) is 11.7 Å². The van der Waals surface area contributed by atoms with E-state index in [9.17, 15) is 17.6 Å². The van der Waals surface area contributed by atoms with E-state index in [1.807, 2.05) is 0 Å². The Morgan fingerprint density at radius 3 is 2.46 bits per heavy atom. The predicted molar refractivity (Wildman–Crippen MR) is 85.7 cm³/mol. The summed E-state index contributed by atoms with van der Waals surface area (Å²) in [5, 5.41) is 6.77. The highest BCUT2D eigenvalue weighted by atomic mass is 19.4. The van der Waals surface area contributed by atoms with Gasteiger partial charge >= 0.3 is 6.18 Å². The summed E-state index contributed by atoms with van der Waals surface area (Å²) < 4.78 is 55.4. The fourth-order valence-electron chi connectivity index (χ4n) is 2.19. The minimum absolute atomic E-state index is 0.347. The summed E-state index contributed by atoms with van der Waals surface area (Å²) in [7, 11) is 0. The molecule has 9 heteroatoms. The molecule has 0 unspecified atom stereocenters. The van der Waals surface area contributed by atoms with Gasteiger partial charge in [-0.15, -0.1) is 0 Å². The van der Waals surface area contributed by atoms with Crippen LogP contribution in [-0.2, 0) is 12.6 Å². The van der Waals surface area contributed by atoms with Crippen molar-refractivity contribution in [2.45, 2.75) is 19.0 Å². The molecule has 0 spiro atoms. The van der Waals surface area contributed by atoms with Crippen LogP contribution in [0.5, 0.6) is 0 Å². The van der Waals surface area contributed by atoms with Gasteiger partial charge in [-0.3, -0.25) is 0 Å². The second-order valence-corrected chi connectivity index (χ2v) is 5.48. The van der Waals surface area contributed by atoms with Gasteiger partial charge in [0.05, 0.1) is 5.56 Å². The number of pyridine rings is 1. The van der Waals surface area contributed by atoms with Crippen LogP contribution in [0.25, 0.3) is 11.4 Å². The highest BCUT2D eigenvalue weighted by Crippen LogP contribution is 2.28. The second kappa shape index (κ2) is 7.51. The first-order valence-corrected chi connectivity index (χ1v) is 7.77. The Hall–Kier alpha value is -2.97. The van der Waals surface area contributed by atoms with E-state index in [1.54, 1.807) is 12.1 Å². The maximum Gasteiger partial charge on any atom is 0.417 e. The fraction of sp³-hybridized carbons (Fsp3) is 0.235. The van der Waals surface area contributed by atoms with Gasteiger partial charge in [-0.05, 0) is 42.8 Å². The van der Waals surface area contributed by atoms with Crippen molar-refractivity contribution >= 4 is 5.82 Å². The van der Waals surface area contributed by atoms with Crippen molar-refractivity contribution in [2.24, 2.45) is 0 Å². The number of alkyl halides is 3. The molecule has 1 N–H and O–H groups in total. The molecular formula is C17H14F4N4O. The van der Waals surface area contributed by atoms with E-state index in [2.05, 4.69) is 20.4 Å². The van der Waals surface area contributed by atoms with Crippen molar-refractivity contribution in [1.82, 2.24) is 15.1 Å². The van der Waals surface area contributed by atoms with Crippen LogP contribution in [0.1, 0.15) is 17.9 Å². The smallest absolute Gasteiger partial charge is 0.370 e. The molecule has 0 aliphatic carbocycles. The van der Waals surface area contributed by atoms with Crippen LogP contribution in [0.2, 0.25) is 0 Å².